The number of hydrogen-bond donors (Lipinski definition) is 3. The number of benzene rings is 1. The molecular weight excluding hydrogens is 356 g/mol. The quantitative estimate of drug-likeness (QED) is 0.476. The van der Waals surface area contributed by atoms with Crippen molar-refractivity contribution >= 4 is 28.2 Å². The summed E-state index contributed by atoms with van der Waals surface area (Å²) < 4.78 is 0. The van der Waals surface area contributed by atoms with Crippen LogP contribution in [-0.2, 0) is 6.54 Å². The molecule has 0 bridgehead atoms. The van der Waals surface area contributed by atoms with Crippen LogP contribution < -0.4 is 15.8 Å². The topological polar surface area (TPSA) is 52.6 Å². The van der Waals surface area contributed by atoms with Gasteiger partial charge in [-0.2, -0.15) is 0 Å². The van der Waals surface area contributed by atoms with Gasteiger partial charge in [-0.25, -0.2) is 0 Å². The lowest BCUT2D eigenvalue weighted by Crippen LogP contribution is -3.06. The van der Waals surface area contributed by atoms with Gasteiger partial charge in [-0.15, -0.1) is 0 Å². The van der Waals surface area contributed by atoms with Crippen LogP contribution in [0.25, 0.3) is 10.9 Å². The van der Waals surface area contributed by atoms with E-state index in [0.29, 0.717) is 6.54 Å². The van der Waals surface area contributed by atoms with Crippen LogP contribution in [0.15, 0.2) is 23.0 Å². The van der Waals surface area contributed by atoms with E-state index in [1.165, 1.54) is 10.5 Å². The molecule has 3 N–H and O–H groups in total. The van der Waals surface area contributed by atoms with Crippen molar-refractivity contribution < 1.29 is 4.90 Å². The van der Waals surface area contributed by atoms with Gasteiger partial charge in [-0.05, 0) is 49.7 Å². The second kappa shape index (κ2) is 9.85. The lowest BCUT2D eigenvalue weighted by molar-refractivity contribution is -0.857. The molecule has 0 aliphatic heterocycles. The van der Waals surface area contributed by atoms with E-state index < -0.39 is 0 Å². The number of nitrogens with one attached hydrogen (secondary N) is 3. The first-order chi connectivity index (χ1) is 12.8. The molecule has 27 heavy (non-hydrogen) atoms. The predicted octanol–water partition coefficient (Wildman–Crippen LogP) is 1.77. The van der Waals surface area contributed by atoms with Crippen molar-refractivity contribution in [3.63, 3.8) is 0 Å². The molecule has 0 atom stereocenters. The van der Waals surface area contributed by atoms with E-state index in [9.17, 15) is 4.79 Å². The molecule has 6 heteroatoms. The van der Waals surface area contributed by atoms with Gasteiger partial charge in [0.1, 0.15) is 0 Å². The van der Waals surface area contributed by atoms with E-state index in [1.807, 2.05) is 19.1 Å². The number of pyridine rings is 1. The Balaban J connectivity index is 2.29. The average Bonchev–Trinajstić information content (AvgIpc) is 2.62. The summed E-state index contributed by atoms with van der Waals surface area (Å²) in [6.07, 6.45) is 2.21. The van der Waals surface area contributed by atoms with Gasteiger partial charge >= 0.3 is 0 Å². The van der Waals surface area contributed by atoms with E-state index in [0.717, 1.165) is 59.6 Å². The van der Waals surface area contributed by atoms with Gasteiger partial charge in [0.05, 0.1) is 39.2 Å². The second-order valence-corrected chi connectivity index (χ2v) is 7.96. The number of aromatic nitrogens is 1. The first kappa shape index (κ1) is 21.4. The zero-order valence-electron chi connectivity index (χ0n) is 17.2. The summed E-state index contributed by atoms with van der Waals surface area (Å²) in [6, 6.07) is 6.18. The van der Waals surface area contributed by atoms with Crippen molar-refractivity contribution in [2.75, 3.05) is 33.7 Å². The summed E-state index contributed by atoms with van der Waals surface area (Å²) >= 11 is 5.62. The molecule has 0 radical (unpaired) electrons. The summed E-state index contributed by atoms with van der Waals surface area (Å²) in [4.78, 5) is 19.2. The Morgan fingerprint density at radius 2 is 1.96 bits per heavy atom. The molecule has 0 saturated carbocycles. The van der Waals surface area contributed by atoms with Gasteiger partial charge < -0.3 is 20.1 Å². The highest BCUT2D eigenvalue weighted by molar-refractivity contribution is 7.80. The smallest absolute Gasteiger partial charge is 0.253 e. The SMILES string of the molecule is CCCCNC(=S)N(CC[NH+](C)C)Cc1cc2c(C)ccc(C)c2[nH]c1=O. The van der Waals surface area contributed by atoms with Crippen LogP contribution in [0.3, 0.4) is 0 Å². The molecular formula is C21H33N4OS+. The largest absolute Gasteiger partial charge is 0.363 e. The van der Waals surface area contributed by atoms with E-state index in [-0.39, 0.29) is 5.56 Å². The molecule has 0 aliphatic carbocycles. The van der Waals surface area contributed by atoms with Crippen LogP contribution in [0.1, 0.15) is 36.5 Å². The monoisotopic (exact) mass is 389 g/mol. The third-order valence-electron chi connectivity index (χ3n) is 4.86. The van der Waals surface area contributed by atoms with Crippen molar-refractivity contribution in [2.45, 2.75) is 40.2 Å². The third-order valence-corrected chi connectivity index (χ3v) is 5.26. The molecule has 0 amide bonds. The summed E-state index contributed by atoms with van der Waals surface area (Å²) in [6.45, 7) is 9.42. The fraction of sp³-hybridized carbons (Fsp3) is 0.524. The number of quaternary nitrogens is 1. The van der Waals surface area contributed by atoms with E-state index >= 15 is 0 Å². The lowest BCUT2D eigenvalue weighted by Gasteiger charge is -2.26. The lowest BCUT2D eigenvalue weighted by atomic mass is 10.0. The van der Waals surface area contributed by atoms with Crippen molar-refractivity contribution in [1.82, 2.24) is 15.2 Å². The first-order valence-electron chi connectivity index (χ1n) is 9.77. The minimum absolute atomic E-state index is 0.0326. The minimum Gasteiger partial charge on any atom is -0.363 e. The number of hydrogen-bond acceptors (Lipinski definition) is 2. The summed E-state index contributed by atoms with van der Waals surface area (Å²) in [5.41, 5.74) is 3.90. The molecule has 148 valence electrons. The third kappa shape index (κ3) is 5.78. The maximum atomic E-state index is 12.7. The molecule has 0 fully saturated rings. The van der Waals surface area contributed by atoms with Crippen LogP contribution in [0, 0.1) is 13.8 Å². The Kier molecular flexibility index (Phi) is 7.80. The molecule has 2 aromatic rings. The molecule has 5 nitrogen and oxygen atoms in total. The van der Waals surface area contributed by atoms with Crippen LogP contribution >= 0.6 is 12.2 Å². The number of likely N-dealkylation sites (N-methyl/N-ethyl adjacent to an activating group) is 1. The van der Waals surface area contributed by atoms with Crippen LogP contribution in [-0.4, -0.2) is 48.7 Å². The maximum Gasteiger partial charge on any atom is 0.253 e. The van der Waals surface area contributed by atoms with Crippen molar-refractivity contribution in [1.29, 1.82) is 0 Å². The van der Waals surface area contributed by atoms with Crippen LogP contribution in [0.5, 0.6) is 0 Å². The predicted molar refractivity (Wildman–Crippen MR) is 118 cm³/mol. The Morgan fingerprint density at radius 3 is 2.63 bits per heavy atom. The van der Waals surface area contributed by atoms with Crippen LogP contribution in [0.4, 0.5) is 0 Å². The minimum atomic E-state index is -0.0326. The number of fused-ring (bicyclic) bond motifs is 1. The summed E-state index contributed by atoms with van der Waals surface area (Å²) in [7, 11) is 4.25. The Labute approximate surface area is 167 Å². The van der Waals surface area contributed by atoms with Crippen molar-refractivity contribution in [3.05, 3.63) is 45.2 Å². The molecule has 1 heterocycles. The zero-order valence-corrected chi connectivity index (χ0v) is 18.1. The highest BCUT2D eigenvalue weighted by atomic mass is 32.1. The highest BCUT2D eigenvalue weighted by Crippen LogP contribution is 2.20. The van der Waals surface area contributed by atoms with Gasteiger partial charge in [-0.3, -0.25) is 4.79 Å². The Morgan fingerprint density at radius 1 is 1.26 bits per heavy atom. The number of unbranched alkanes of at least 4 members (excludes halogenated alkanes) is 1. The summed E-state index contributed by atoms with van der Waals surface area (Å²) in [5.74, 6) is 0. The van der Waals surface area contributed by atoms with Gasteiger partial charge in [0, 0.05) is 17.5 Å². The fourth-order valence-corrected chi connectivity index (χ4v) is 3.29. The van der Waals surface area contributed by atoms with Crippen molar-refractivity contribution in [2.24, 2.45) is 0 Å². The number of thiocarbonyl (C=S) groups is 1. The average molecular weight is 390 g/mol. The van der Waals surface area contributed by atoms with Crippen molar-refractivity contribution in [3.8, 4) is 0 Å². The molecule has 1 aromatic heterocycles. The van der Waals surface area contributed by atoms with Gasteiger partial charge in [0.15, 0.2) is 5.11 Å². The summed E-state index contributed by atoms with van der Waals surface area (Å²) in [5, 5.41) is 5.17. The molecule has 0 unspecified atom stereocenters. The number of aromatic amines is 1. The van der Waals surface area contributed by atoms with Crippen LogP contribution in [0.2, 0.25) is 0 Å². The van der Waals surface area contributed by atoms with E-state index in [1.54, 1.807) is 0 Å². The maximum absolute atomic E-state index is 12.7. The van der Waals surface area contributed by atoms with Gasteiger partial charge in [0.2, 0.25) is 0 Å². The molecule has 0 aliphatic rings. The molecule has 2 rings (SSSR count). The van der Waals surface area contributed by atoms with E-state index in [4.69, 9.17) is 12.2 Å². The number of H-pyrrole nitrogens is 1. The molecule has 1 aromatic carbocycles. The van der Waals surface area contributed by atoms with Gasteiger partial charge in [0.25, 0.3) is 5.56 Å². The first-order valence-corrected chi connectivity index (χ1v) is 10.2. The Hall–Kier alpha value is -1.92. The van der Waals surface area contributed by atoms with E-state index in [2.05, 4.69) is 49.2 Å². The number of nitrogens with zero attached hydrogens (tertiary/aromatic N) is 1. The highest BCUT2D eigenvalue weighted by Gasteiger charge is 2.15. The standard InChI is InChI=1S/C21H32N4OS/c1-6-7-10-22-21(27)25(12-11-24(4)5)14-17-13-18-15(2)8-9-16(3)19(18)23-20(17)26/h8-9,13H,6-7,10-12,14H2,1-5H3,(H,22,27)(H,23,26)/p+1. The second-order valence-electron chi connectivity index (χ2n) is 7.58. The number of aryl methyl sites for hydroxylation is 2. The molecule has 0 spiro atoms. The zero-order chi connectivity index (χ0) is 20.0. The number of rotatable bonds is 8. The normalized spacial score (nSPS) is 11.2. The van der Waals surface area contributed by atoms with Gasteiger partial charge in [-0.1, -0.05) is 25.5 Å². The Bertz CT molecular complexity index is 844. The fourth-order valence-electron chi connectivity index (χ4n) is 3.04. The molecule has 0 saturated heterocycles.